The molecule has 0 bridgehead atoms. The van der Waals surface area contributed by atoms with Crippen molar-refractivity contribution in [3.63, 3.8) is 0 Å². The van der Waals surface area contributed by atoms with Crippen LogP contribution >= 0.6 is 22.9 Å². The lowest BCUT2D eigenvalue weighted by molar-refractivity contribution is 0.206. The van der Waals surface area contributed by atoms with Gasteiger partial charge < -0.3 is 0 Å². The Hall–Kier alpha value is -0.920. The molecule has 1 N–H and O–H groups in total. The summed E-state index contributed by atoms with van der Waals surface area (Å²) in [5.74, 6) is 0. The van der Waals surface area contributed by atoms with Gasteiger partial charge in [0.25, 0.3) is 0 Å². The predicted octanol–water partition coefficient (Wildman–Crippen LogP) is 4.30. The van der Waals surface area contributed by atoms with Crippen molar-refractivity contribution in [2.45, 2.75) is 36.6 Å². The number of thiophene rings is 1. The lowest BCUT2D eigenvalue weighted by Crippen LogP contribution is -2.38. The van der Waals surface area contributed by atoms with Crippen LogP contribution in [0, 0.1) is 0 Å². The summed E-state index contributed by atoms with van der Waals surface area (Å²) in [6, 6.07) is 8.44. The van der Waals surface area contributed by atoms with Gasteiger partial charge in [-0.25, -0.2) is 13.1 Å². The molecule has 1 aliphatic heterocycles. The van der Waals surface area contributed by atoms with Crippen LogP contribution < -0.4 is 4.72 Å². The van der Waals surface area contributed by atoms with E-state index >= 15 is 0 Å². The minimum absolute atomic E-state index is 0.0754. The summed E-state index contributed by atoms with van der Waals surface area (Å²) < 4.78 is 28.0. The van der Waals surface area contributed by atoms with Gasteiger partial charge in [0.1, 0.15) is 0 Å². The van der Waals surface area contributed by atoms with Crippen molar-refractivity contribution in [3.8, 4) is 0 Å². The first-order valence-electron chi connectivity index (χ1n) is 8.58. The van der Waals surface area contributed by atoms with Crippen LogP contribution in [-0.2, 0) is 10.0 Å². The third-order valence-corrected chi connectivity index (χ3v) is 6.99. The number of nitrogens with one attached hydrogen (secondary N) is 1. The highest BCUT2D eigenvalue weighted by atomic mass is 35.5. The van der Waals surface area contributed by atoms with E-state index in [1.54, 1.807) is 23.5 Å². The molecule has 25 heavy (non-hydrogen) atoms. The van der Waals surface area contributed by atoms with E-state index in [1.165, 1.54) is 43.4 Å². The molecule has 1 atom stereocenters. The number of hydrogen-bond acceptors (Lipinski definition) is 4. The molecule has 1 saturated heterocycles. The third kappa shape index (κ3) is 5.05. The maximum absolute atomic E-state index is 12.6. The summed E-state index contributed by atoms with van der Waals surface area (Å²) in [6.07, 6.45) is 4.85. The molecule has 136 valence electrons. The summed E-state index contributed by atoms with van der Waals surface area (Å²) in [7, 11) is -3.54. The van der Waals surface area contributed by atoms with Gasteiger partial charge in [0.2, 0.25) is 10.0 Å². The highest BCUT2D eigenvalue weighted by Crippen LogP contribution is 2.26. The minimum atomic E-state index is -3.54. The van der Waals surface area contributed by atoms with Crippen molar-refractivity contribution in [2.75, 3.05) is 19.6 Å². The van der Waals surface area contributed by atoms with Gasteiger partial charge in [0, 0.05) is 17.6 Å². The predicted molar refractivity (Wildman–Crippen MR) is 104 cm³/mol. The summed E-state index contributed by atoms with van der Waals surface area (Å²) in [5.41, 5.74) is 1.19. The Bertz CT molecular complexity index is 753. The average Bonchev–Trinajstić information content (AvgIpc) is 2.98. The van der Waals surface area contributed by atoms with Crippen LogP contribution in [0.25, 0.3) is 0 Å². The standard InChI is InChI=1S/C18H23ClN2O2S2/c19-16-5-7-17(8-6-16)25(22,23)20-13-18(15-9-12-24-14-15)21-10-3-1-2-4-11-21/h5-9,12,14,18,20H,1-4,10-11,13H2/t18-/m1/s1. The molecular weight excluding hydrogens is 376 g/mol. The first kappa shape index (κ1) is 18.9. The normalized spacial score (nSPS) is 18.0. The first-order chi connectivity index (χ1) is 12.1. The fraction of sp³-hybridized carbons (Fsp3) is 0.444. The molecular formula is C18H23ClN2O2S2. The molecule has 0 spiro atoms. The summed E-state index contributed by atoms with van der Waals surface area (Å²) in [6.45, 7) is 2.41. The molecule has 0 unspecified atom stereocenters. The van der Waals surface area contributed by atoms with E-state index in [4.69, 9.17) is 11.6 Å². The molecule has 3 rings (SSSR count). The molecule has 1 fully saturated rings. The molecule has 1 aromatic heterocycles. The molecule has 7 heteroatoms. The van der Waals surface area contributed by atoms with Gasteiger partial charge in [-0.3, -0.25) is 4.90 Å². The molecule has 1 aromatic carbocycles. The van der Waals surface area contributed by atoms with Gasteiger partial charge in [-0.05, 0) is 72.6 Å². The van der Waals surface area contributed by atoms with Crippen LogP contribution in [0.1, 0.15) is 37.3 Å². The maximum atomic E-state index is 12.6. The fourth-order valence-electron chi connectivity index (χ4n) is 3.21. The number of sulfonamides is 1. The molecule has 0 aliphatic carbocycles. The number of halogens is 1. The van der Waals surface area contributed by atoms with Crippen molar-refractivity contribution in [1.82, 2.24) is 9.62 Å². The Labute approximate surface area is 158 Å². The van der Waals surface area contributed by atoms with Gasteiger partial charge in [-0.15, -0.1) is 0 Å². The van der Waals surface area contributed by atoms with E-state index < -0.39 is 10.0 Å². The van der Waals surface area contributed by atoms with Crippen LogP contribution in [0.2, 0.25) is 5.02 Å². The third-order valence-electron chi connectivity index (χ3n) is 4.60. The Morgan fingerprint density at radius 1 is 1.08 bits per heavy atom. The van der Waals surface area contributed by atoms with Gasteiger partial charge in [0.15, 0.2) is 0 Å². The SMILES string of the molecule is O=S(=O)(NC[C@H](c1ccsc1)N1CCCCCC1)c1ccc(Cl)cc1. The first-order valence-corrected chi connectivity index (χ1v) is 11.4. The molecule has 0 amide bonds. The molecule has 2 aromatic rings. The van der Waals surface area contributed by atoms with Crippen LogP contribution in [0.3, 0.4) is 0 Å². The molecule has 1 aliphatic rings. The molecule has 2 heterocycles. The van der Waals surface area contributed by atoms with Gasteiger partial charge in [0.05, 0.1) is 4.90 Å². The van der Waals surface area contributed by atoms with E-state index in [1.807, 2.05) is 5.38 Å². The zero-order valence-electron chi connectivity index (χ0n) is 14.0. The second kappa shape index (κ2) is 8.64. The number of hydrogen-bond donors (Lipinski definition) is 1. The summed E-state index contributed by atoms with van der Waals surface area (Å²) in [4.78, 5) is 2.66. The van der Waals surface area contributed by atoms with Crippen molar-refractivity contribution in [3.05, 3.63) is 51.7 Å². The van der Waals surface area contributed by atoms with Crippen molar-refractivity contribution < 1.29 is 8.42 Å². The van der Waals surface area contributed by atoms with Crippen LogP contribution in [0.15, 0.2) is 46.0 Å². The fourth-order valence-corrected chi connectivity index (χ4v) is 5.09. The average molecular weight is 399 g/mol. The summed E-state index contributed by atoms with van der Waals surface area (Å²) >= 11 is 7.50. The maximum Gasteiger partial charge on any atom is 0.240 e. The van der Waals surface area contributed by atoms with Crippen molar-refractivity contribution in [2.24, 2.45) is 0 Å². The van der Waals surface area contributed by atoms with Gasteiger partial charge in [-0.1, -0.05) is 24.4 Å². The smallest absolute Gasteiger partial charge is 0.240 e. The minimum Gasteiger partial charge on any atom is -0.295 e. The zero-order valence-corrected chi connectivity index (χ0v) is 16.4. The van der Waals surface area contributed by atoms with E-state index in [0.717, 1.165) is 13.1 Å². The van der Waals surface area contributed by atoms with Gasteiger partial charge >= 0.3 is 0 Å². The monoisotopic (exact) mass is 398 g/mol. The molecule has 0 saturated carbocycles. The Balaban J connectivity index is 1.75. The van der Waals surface area contributed by atoms with Crippen molar-refractivity contribution in [1.29, 1.82) is 0 Å². The largest absolute Gasteiger partial charge is 0.295 e. The lowest BCUT2D eigenvalue weighted by atomic mass is 10.1. The number of rotatable bonds is 6. The zero-order chi connectivity index (χ0) is 17.7. The topological polar surface area (TPSA) is 49.4 Å². The van der Waals surface area contributed by atoms with Crippen LogP contribution in [-0.4, -0.2) is 33.0 Å². The Morgan fingerprint density at radius 3 is 2.36 bits per heavy atom. The highest BCUT2D eigenvalue weighted by Gasteiger charge is 2.24. The number of likely N-dealkylation sites (tertiary alicyclic amines) is 1. The van der Waals surface area contributed by atoms with Crippen LogP contribution in [0.5, 0.6) is 0 Å². The number of nitrogens with zero attached hydrogens (tertiary/aromatic N) is 1. The Morgan fingerprint density at radius 2 is 1.76 bits per heavy atom. The van der Waals surface area contributed by atoms with E-state index in [9.17, 15) is 8.42 Å². The molecule has 4 nitrogen and oxygen atoms in total. The van der Waals surface area contributed by atoms with Gasteiger partial charge in [-0.2, -0.15) is 11.3 Å². The Kier molecular flexibility index (Phi) is 6.52. The van der Waals surface area contributed by atoms with Crippen molar-refractivity contribution >= 4 is 33.0 Å². The lowest BCUT2D eigenvalue weighted by Gasteiger charge is -2.30. The molecule has 0 radical (unpaired) electrons. The second-order valence-electron chi connectivity index (χ2n) is 6.33. The van der Waals surface area contributed by atoms with E-state index in [-0.39, 0.29) is 10.9 Å². The second-order valence-corrected chi connectivity index (χ2v) is 9.31. The highest BCUT2D eigenvalue weighted by molar-refractivity contribution is 7.89. The van der Waals surface area contributed by atoms with Crippen LogP contribution in [0.4, 0.5) is 0 Å². The number of benzene rings is 1. The quantitative estimate of drug-likeness (QED) is 0.789. The summed E-state index contributed by atoms with van der Waals surface area (Å²) in [5, 5.41) is 4.69. The van der Waals surface area contributed by atoms with E-state index in [0.29, 0.717) is 11.6 Å². The van der Waals surface area contributed by atoms with E-state index in [2.05, 4.69) is 21.1 Å².